The molecule has 2 N–H and O–H groups in total. The van der Waals surface area contributed by atoms with Gasteiger partial charge in [0, 0.05) is 18.7 Å². The summed E-state index contributed by atoms with van der Waals surface area (Å²) in [6.45, 7) is 2.87. The summed E-state index contributed by atoms with van der Waals surface area (Å²) in [5.74, 6) is 0.918. The molecule has 98 valence electrons. The molecule has 0 fully saturated rings. The van der Waals surface area contributed by atoms with E-state index in [1.54, 1.807) is 7.11 Å². The number of methoxy groups -OCH3 is 1. The van der Waals surface area contributed by atoms with E-state index in [0.29, 0.717) is 0 Å². The SMILES string of the molecule is CCCCNC(=O)[C@@H]1Cc2cc(OC)ccc2N1. The fraction of sp³-hybridized carbons (Fsp3) is 0.500. The lowest BCUT2D eigenvalue weighted by Gasteiger charge is -2.11. The van der Waals surface area contributed by atoms with E-state index in [4.69, 9.17) is 4.74 Å². The number of carbonyl (C=O) groups excluding carboxylic acids is 1. The van der Waals surface area contributed by atoms with Gasteiger partial charge in [-0.15, -0.1) is 0 Å². The highest BCUT2D eigenvalue weighted by molar-refractivity contribution is 5.87. The maximum Gasteiger partial charge on any atom is 0.242 e. The van der Waals surface area contributed by atoms with Crippen molar-refractivity contribution in [1.82, 2.24) is 5.32 Å². The maximum atomic E-state index is 11.9. The quantitative estimate of drug-likeness (QED) is 0.783. The van der Waals surface area contributed by atoms with Gasteiger partial charge < -0.3 is 15.4 Å². The van der Waals surface area contributed by atoms with E-state index < -0.39 is 0 Å². The lowest BCUT2D eigenvalue weighted by atomic mass is 10.1. The summed E-state index contributed by atoms with van der Waals surface area (Å²) in [7, 11) is 1.65. The summed E-state index contributed by atoms with van der Waals surface area (Å²) < 4.78 is 5.19. The zero-order valence-electron chi connectivity index (χ0n) is 11.0. The van der Waals surface area contributed by atoms with Gasteiger partial charge in [0.05, 0.1) is 7.11 Å². The number of anilines is 1. The number of ether oxygens (including phenoxy) is 1. The minimum Gasteiger partial charge on any atom is -0.497 e. The van der Waals surface area contributed by atoms with Crippen LogP contribution in [0.3, 0.4) is 0 Å². The smallest absolute Gasteiger partial charge is 0.242 e. The summed E-state index contributed by atoms with van der Waals surface area (Å²) in [5.41, 5.74) is 2.18. The average molecular weight is 248 g/mol. The number of fused-ring (bicyclic) bond motifs is 1. The molecule has 0 aromatic heterocycles. The number of rotatable bonds is 5. The molecule has 4 nitrogen and oxygen atoms in total. The molecule has 1 aliphatic heterocycles. The average Bonchev–Trinajstić information content (AvgIpc) is 2.81. The van der Waals surface area contributed by atoms with Gasteiger partial charge >= 0.3 is 0 Å². The molecule has 1 aromatic carbocycles. The number of unbranched alkanes of at least 4 members (excludes halogenated alkanes) is 1. The van der Waals surface area contributed by atoms with Gasteiger partial charge in [-0.05, 0) is 30.2 Å². The number of hydrogen-bond donors (Lipinski definition) is 2. The van der Waals surface area contributed by atoms with Crippen LogP contribution >= 0.6 is 0 Å². The molecule has 0 spiro atoms. The van der Waals surface area contributed by atoms with E-state index in [-0.39, 0.29) is 11.9 Å². The Kier molecular flexibility index (Phi) is 4.07. The van der Waals surface area contributed by atoms with Crippen LogP contribution in [0.1, 0.15) is 25.3 Å². The minimum atomic E-state index is -0.149. The van der Waals surface area contributed by atoms with E-state index in [2.05, 4.69) is 17.6 Å². The van der Waals surface area contributed by atoms with Crippen LogP contribution in [-0.4, -0.2) is 25.6 Å². The third kappa shape index (κ3) is 2.75. The molecule has 0 saturated heterocycles. The van der Waals surface area contributed by atoms with Crippen LogP contribution in [0, 0.1) is 0 Å². The van der Waals surface area contributed by atoms with Crippen molar-refractivity contribution in [1.29, 1.82) is 0 Å². The fourth-order valence-corrected chi connectivity index (χ4v) is 2.14. The van der Waals surface area contributed by atoms with Crippen molar-refractivity contribution >= 4 is 11.6 Å². The Bertz CT molecular complexity index is 432. The molecule has 2 rings (SSSR count). The van der Waals surface area contributed by atoms with Crippen molar-refractivity contribution in [2.75, 3.05) is 19.0 Å². The number of benzene rings is 1. The first-order chi connectivity index (χ1) is 8.74. The molecular formula is C14H20N2O2. The Balaban J connectivity index is 1.94. The van der Waals surface area contributed by atoms with Gasteiger partial charge in [-0.2, -0.15) is 0 Å². The molecule has 1 atom stereocenters. The van der Waals surface area contributed by atoms with Crippen LogP contribution in [0.25, 0.3) is 0 Å². The molecular weight excluding hydrogens is 228 g/mol. The van der Waals surface area contributed by atoms with Crippen LogP contribution in [0.2, 0.25) is 0 Å². The van der Waals surface area contributed by atoms with Gasteiger partial charge in [0.25, 0.3) is 0 Å². The van der Waals surface area contributed by atoms with E-state index in [1.807, 2.05) is 18.2 Å². The second kappa shape index (κ2) is 5.76. The Morgan fingerprint density at radius 2 is 2.39 bits per heavy atom. The Morgan fingerprint density at radius 1 is 1.56 bits per heavy atom. The van der Waals surface area contributed by atoms with Crippen molar-refractivity contribution in [3.05, 3.63) is 23.8 Å². The second-order valence-electron chi connectivity index (χ2n) is 4.57. The molecule has 1 heterocycles. The van der Waals surface area contributed by atoms with Gasteiger partial charge in [-0.3, -0.25) is 4.79 Å². The fourth-order valence-electron chi connectivity index (χ4n) is 2.14. The summed E-state index contributed by atoms with van der Waals surface area (Å²) in [6, 6.07) is 5.71. The van der Waals surface area contributed by atoms with Gasteiger partial charge in [-0.1, -0.05) is 13.3 Å². The molecule has 0 bridgehead atoms. The zero-order chi connectivity index (χ0) is 13.0. The Hall–Kier alpha value is -1.71. The largest absolute Gasteiger partial charge is 0.497 e. The first kappa shape index (κ1) is 12.7. The van der Waals surface area contributed by atoms with Crippen LogP contribution in [0.5, 0.6) is 5.75 Å². The summed E-state index contributed by atoms with van der Waals surface area (Å²) in [5, 5.41) is 6.20. The molecule has 1 aliphatic rings. The van der Waals surface area contributed by atoms with Gasteiger partial charge in [0.15, 0.2) is 0 Å². The topological polar surface area (TPSA) is 50.4 Å². The van der Waals surface area contributed by atoms with E-state index in [9.17, 15) is 4.79 Å². The number of carbonyl (C=O) groups is 1. The predicted octanol–water partition coefficient (Wildman–Crippen LogP) is 1.95. The molecule has 1 amide bonds. The number of hydrogen-bond acceptors (Lipinski definition) is 3. The highest BCUT2D eigenvalue weighted by atomic mass is 16.5. The van der Waals surface area contributed by atoms with E-state index in [0.717, 1.165) is 42.8 Å². The predicted molar refractivity (Wildman–Crippen MR) is 72.0 cm³/mol. The third-order valence-corrected chi connectivity index (χ3v) is 3.21. The normalized spacial score (nSPS) is 16.9. The van der Waals surface area contributed by atoms with Crippen molar-refractivity contribution in [2.24, 2.45) is 0 Å². The minimum absolute atomic E-state index is 0.0821. The van der Waals surface area contributed by atoms with E-state index in [1.165, 1.54) is 0 Å². The zero-order valence-corrected chi connectivity index (χ0v) is 11.0. The molecule has 18 heavy (non-hydrogen) atoms. The molecule has 1 aromatic rings. The summed E-state index contributed by atoms with van der Waals surface area (Å²) in [6.07, 6.45) is 2.85. The van der Waals surface area contributed by atoms with Crippen molar-refractivity contribution in [3.63, 3.8) is 0 Å². The molecule has 0 radical (unpaired) electrons. The van der Waals surface area contributed by atoms with Gasteiger partial charge in [0.2, 0.25) is 5.91 Å². The highest BCUT2D eigenvalue weighted by Gasteiger charge is 2.26. The number of nitrogens with one attached hydrogen (secondary N) is 2. The molecule has 4 heteroatoms. The van der Waals surface area contributed by atoms with Gasteiger partial charge in [0.1, 0.15) is 11.8 Å². The van der Waals surface area contributed by atoms with Crippen LogP contribution in [0.4, 0.5) is 5.69 Å². The third-order valence-electron chi connectivity index (χ3n) is 3.21. The van der Waals surface area contributed by atoms with Crippen LogP contribution in [-0.2, 0) is 11.2 Å². The lowest BCUT2D eigenvalue weighted by molar-refractivity contribution is -0.121. The van der Waals surface area contributed by atoms with Crippen molar-refractivity contribution in [3.8, 4) is 5.75 Å². The van der Waals surface area contributed by atoms with Crippen LogP contribution < -0.4 is 15.4 Å². The second-order valence-corrected chi connectivity index (χ2v) is 4.57. The monoisotopic (exact) mass is 248 g/mol. The van der Waals surface area contributed by atoms with Gasteiger partial charge in [-0.25, -0.2) is 0 Å². The van der Waals surface area contributed by atoms with E-state index >= 15 is 0 Å². The molecule has 0 aliphatic carbocycles. The van der Waals surface area contributed by atoms with Crippen molar-refractivity contribution < 1.29 is 9.53 Å². The van der Waals surface area contributed by atoms with Crippen LogP contribution in [0.15, 0.2) is 18.2 Å². The first-order valence-electron chi connectivity index (χ1n) is 6.45. The summed E-state index contributed by atoms with van der Waals surface area (Å²) >= 11 is 0. The number of amides is 1. The first-order valence-corrected chi connectivity index (χ1v) is 6.45. The van der Waals surface area contributed by atoms with Crippen molar-refractivity contribution in [2.45, 2.75) is 32.2 Å². The Morgan fingerprint density at radius 3 is 3.11 bits per heavy atom. The molecule has 0 saturated carbocycles. The maximum absolute atomic E-state index is 11.9. The molecule has 0 unspecified atom stereocenters. The summed E-state index contributed by atoms with van der Waals surface area (Å²) in [4.78, 5) is 11.9. The Labute approximate surface area is 108 Å². The lowest BCUT2D eigenvalue weighted by Crippen LogP contribution is -2.38. The highest BCUT2D eigenvalue weighted by Crippen LogP contribution is 2.29. The standard InChI is InChI=1S/C14H20N2O2/c1-3-4-7-15-14(17)13-9-10-8-11(18-2)5-6-12(10)16-13/h5-6,8,13,16H,3-4,7,9H2,1-2H3,(H,15,17)/t13-/m0/s1.